The number of halogens is 4. The largest absolute Gasteiger partial charge is 0.417 e. The van der Waals surface area contributed by atoms with Gasteiger partial charge in [0, 0.05) is 18.8 Å². The fourth-order valence-corrected chi connectivity index (χ4v) is 2.03. The van der Waals surface area contributed by atoms with Gasteiger partial charge in [-0.1, -0.05) is 11.6 Å². The molecule has 0 unspecified atom stereocenters. The molecule has 1 saturated carbocycles. The summed E-state index contributed by atoms with van der Waals surface area (Å²) in [5, 5.41) is 8.92. The van der Waals surface area contributed by atoms with Crippen molar-refractivity contribution in [3.63, 3.8) is 0 Å². The van der Waals surface area contributed by atoms with Gasteiger partial charge < -0.3 is 10.0 Å². The van der Waals surface area contributed by atoms with Crippen LogP contribution in [-0.4, -0.2) is 29.3 Å². The molecule has 0 atom stereocenters. The molecule has 100 valence electrons. The normalized spacial score (nSPS) is 15.8. The van der Waals surface area contributed by atoms with Gasteiger partial charge in [-0.15, -0.1) is 0 Å². The SMILES string of the molecule is OCCN(c1ncc(C(F)(F)F)cc1Cl)C1CC1. The molecule has 0 saturated heterocycles. The van der Waals surface area contributed by atoms with Crippen molar-refractivity contribution in [1.82, 2.24) is 4.98 Å². The summed E-state index contributed by atoms with van der Waals surface area (Å²) < 4.78 is 37.4. The van der Waals surface area contributed by atoms with Crippen molar-refractivity contribution in [3.05, 3.63) is 22.8 Å². The van der Waals surface area contributed by atoms with Crippen LogP contribution in [0.2, 0.25) is 5.02 Å². The molecular weight excluding hydrogens is 269 g/mol. The minimum absolute atomic E-state index is 0.0369. The summed E-state index contributed by atoms with van der Waals surface area (Å²) in [6.07, 6.45) is -1.79. The van der Waals surface area contributed by atoms with Gasteiger partial charge >= 0.3 is 6.18 Å². The first-order chi connectivity index (χ1) is 8.43. The third-order valence-corrected chi connectivity index (χ3v) is 3.03. The molecule has 1 aliphatic rings. The van der Waals surface area contributed by atoms with E-state index in [1.807, 2.05) is 0 Å². The molecule has 0 radical (unpaired) electrons. The van der Waals surface area contributed by atoms with Crippen LogP contribution in [0.15, 0.2) is 12.3 Å². The Morgan fingerprint density at radius 3 is 2.56 bits per heavy atom. The predicted molar refractivity (Wildman–Crippen MR) is 61.7 cm³/mol. The van der Waals surface area contributed by atoms with E-state index in [0.29, 0.717) is 12.4 Å². The summed E-state index contributed by atoms with van der Waals surface area (Å²) in [4.78, 5) is 5.54. The Morgan fingerprint density at radius 2 is 2.11 bits per heavy atom. The third kappa shape index (κ3) is 2.87. The van der Waals surface area contributed by atoms with E-state index >= 15 is 0 Å². The van der Waals surface area contributed by atoms with Crippen LogP contribution in [0.1, 0.15) is 18.4 Å². The number of alkyl halides is 3. The number of hydrogen-bond acceptors (Lipinski definition) is 3. The Kier molecular flexibility index (Phi) is 3.68. The van der Waals surface area contributed by atoms with Gasteiger partial charge in [0.05, 0.1) is 17.2 Å². The second-order valence-corrected chi connectivity index (χ2v) is 4.58. The summed E-state index contributed by atoms with van der Waals surface area (Å²) in [7, 11) is 0. The maximum absolute atomic E-state index is 12.5. The summed E-state index contributed by atoms with van der Waals surface area (Å²) in [6, 6.07) is 1.09. The second kappa shape index (κ2) is 4.93. The van der Waals surface area contributed by atoms with Crippen LogP contribution < -0.4 is 4.90 Å². The van der Waals surface area contributed by atoms with E-state index in [9.17, 15) is 13.2 Å². The molecule has 0 aliphatic heterocycles. The molecule has 1 heterocycles. The highest BCUT2D eigenvalue weighted by Crippen LogP contribution is 2.37. The van der Waals surface area contributed by atoms with Gasteiger partial charge in [-0.2, -0.15) is 13.2 Å². The molecule has 2 rings (SSSR count). The molecule has 1 fully saturated rings. The topological polar surface area (TPSA) is 36.4 Å². The van der Waals surface area contributed by atoms with Crippen LogP contribution in [-0.2, 0) is 6.18 Å². The van der Waals surface area contributed by atoms with E-state index in [0.717, 1.165) is 25.1 Å². The number of pyridine rings is 1. The minimum atomic E-state index is -4.45. The second-order valence-electron chi connectivity index (χ2n) is 4.18. The molecule has 1 aromatic rings. The summed E-state index contributed by atoms with van der Waals surface area (Å²) in [5.74, 6) is 0.307. The quantitative estimate of drug-likeness (QED) is 0.921. The van der Waals surface area contributed by atoms with Gasteiger partial charge in [0.2, 0.25) is 0 Å². The van der Waals surface area contributed by atoms with Crippen molar-refractivity contribution >= 4 is 17.4 Å². The van der Waals surface area contributed by atoms with Gasteiger partial charge in [0.1, 0.15) is 5.82 Å². The van der Waals surface area contributed by atoms with E-state index in [2.05, 4.69) is 4.98 Å². The lowest BCUT2D eigenvalue weighted by Crippen LogP contribution is -2.30. The number of aromatic nitrogens is 1. The lowest BCUT2D eigenvalue weighted by Gasteiger charge is -2.23. The molecular formula is C11H12ClF3N2O. The average molecular weight is 281 g/mol. The van der Waals surface area contributed by atoms with Crippen molar-refractivity contribution in [2.45, 2.75) is 25.1 Å². The fourth-order valence-electron chi connectivity index (χ4n) is 1.75. The van der Waals surface area contributed by atoms with Crippen molar-refractivity contribution in [2.75, 3.05) is 18.1 Å². The fraction of sp³-hybridized carbons (Fsp3) is 0.545. The Labute approximate surface area is 107 Å². The van der Waals surface area contributed by atoms with Crippen LogP contribution in [0.4, 0.5) is 19.0 Å². The maximum atomic E-state index is 12.5. The Morgan fingerprint density at radius 1 is 1.44 bits per heavy atom. The lowest BCUT2D eigenvalue weighted by molar-refractivity contribution is -0.137. The van der Waals surface area contributed by atoms with Crippen LogP contribution in [0.25, 0.3) is 0 Å². The highest BCUT2D eigenvalue weighted by molar-refractivity contribution is 6.33. The summed E-state index contributed by atoms with van der Waals surface area (Å²) in [5.41, 5.74) is -0.865. The van der Waals surface area contributed by atoms with Gasteiger partial charge in [-0.05, 0) is 18.9 Å². The first kappa shape index (κ1) is 13.4. The number of hydrogen-bond donors (Lipinski definition) is 1. The van der Waals surface area contributed by atoms with Crippen LogP contribution in [0.3, 0.4) is 0 Å². The van der Waals surface area contributed by atoms with E-state index < -0.39 is 11.7 Å². The van der Waals surface area contributed by atoms with E-state index in [-0.39, 0.29) is 17.7 Å². The molecule has 1 aromatic heterocycles. The molecule has 18 heavy (non-hydrogen) atoms. The van der Waals surface area contributed by atoms with Crippen LogP contribution in [0, 0.1) is 0 Å². The van der Waals surface area contributed by atoms with E-state index in [1.165, 1.54) is 0 Å². The minimum Gasteiger partial charge on any atom is -0.395 e. The molecule has 1 aliphatic carbocycles. The van der Waals surface area contributed by atoms with Gasteiger partial charge in [-0.3, -0.25) is 0 Å². The Bertz CT molecular complexity index is 435. The van der Waals surface area contributed by atoms with Crippen molar-refractivity contribution in [3.8, 4) is 0 Å². The van der Waals surface area contributed by atoms with E-state index in [4.69, 9.17) is 16.7 Å². The number of nitrogens with zero attached hydrogens (tertiary/aromatic N) is 2. The van der Waals surface area contributed by atoms with Crippen LogP contribution >= 0.6 is 11.6 Å². The third-order valence-electron chi connectivity index (χ3n) is 2.75. The monoisotopic (exact) mass is 280 g/mol. The van der Waals surface area contributed by atoms with Crippen molar-refractivity contribution in [1.29, 1.82) is 0 Å². The lowest BCUT2D eigenvalue weighted by atomic mass is 10.2. The molecule has 0 aromatic carbocycles. The van der Waals surface area contributed by atoms with Gasteiger partial charge in [0.25, 0.3) is 0 Å². The Balaban J connectivity index is 2.28. The first-order valence-electron chi connectivity index (χ1n) is 5.53. The Hall–Kier alpha value is -1.01. The number of rotatable bonds is 4. The zero-order chi connectivity index (χ0) is 13.3. The first-order valence-corrected chi connectivity index (χ1v) is 5.91. The highest BCUT2D eigenvalue weighted by atomic mass is 35.5. The predicted octanol–water partition coefficient (Wildman–Crippen LogP) is 2.71. The van der Waals surface area contributed by atoms with Crippen molar-refractivity contribution < 1.29 is 18.3 Å². The molecule has 0 bridgehead atoms. The van der Waals surface area contributed by atoms with Crippen molar-refractivity contribution in [2.24, 2.45) is 0 Å². The maximum Gasteiger partial charge on any atom is 0.417 e. The molecule has 0 spiro atoms. The molecule has 3 nitrogen and oxygen atoms in total. The van der Waals surface area contributed by atoms with E-state index in [1.54, 1.807) is 4.90 Å². The van der Waals surface area contributed by atoms with Gasteiger partial charge in [0.15, 0.2) is 0 Å². The summed E-state index contributed by atoms with van der Waals surface area (Å²) in [6.45, 7) is 0.234. The number of aliphatic hydroxyl groups is 1. The van der Waals surface area contributed by atoms with Gasteiger partial charge in [-0.25, -0.2) is 4.98 Å². The molecule has 7 heteroatoms. The smallest absolute Gasteiger partial charge is 0.395 e. The van der Waals surface area contributed by atoms with Crippen LogP contribution in [0.5, 0.6) is 0 Å². The molecule has 1 N–H and O–H groups in total. The zero-order valence-corrected chi connectivity index (χ0v) is 10.2. The number of aliphatic hydroxyl groups excluding tert-OH is 1. The standard InChI is InChI=1S/C11H12ClF3N2O/c12-9-5-7(11(13,14)15)6-16-10(9)17(3-4-18)8-1-2-8/h5-6,8,18H,1-4H2. The molecule has 0 amide bonds. The average Bonchev–Trinajstić information content (AvgIpc) is 3.09. The summed E-state index contributed by atoms with van der Waals surface area (Å²) >= 11 is 5.85. The zero-order valence-electron chi connectivity index (χ0n) is 9.41. The highest BCUT2D eigenvalue weighted by Gasteiger charge is 2.34. The number of anilines is 1.